The molecule has 0 saturated carbocycles. The number of rotatable bonds is 5. The van der Waals surface area contributed by atoms with Gasteiger partial charge >= 0.3 is 5.97 Å². The summed E-state index contributed by atoms with van der Waals surface area (Å²) in [6, 6.07) is 19.3. The molecule has 0 bridgehead atoms. The first kappa shape index (κ1) is 25.2. The van der Waals surface area contributed by atoms with Crippen molar-refractivity contribution < 1.29 is 23.9 Å². The zero-order valence-corrected chi connectivity index (χ0v) is 22.6. The van der Waals surface area contributed by atoms with Gasteiger partial charge in [0, 0.05) is 34.4 Å². The number of esters is 1. The summed E-state index contributed by atoms with van der Waals surface area (Å²) in [4.78, 5) is 59.0. The molecule has 206 valence electrons. The van der Waals surface area contributed by atoms with E-state index < -0.39 is 35.3 Å². The van der Waals surface area contributed by atoms with E-state index in [9.17, 15) is 19.2 Å². The number of ether oxygens (including phenoxy) is 1. The highest BCUT2D eigenvalue weighted by molar-refractivity contribution is 6.26. The first-order valence-electron chi connectivity index (χ1n) is 13.7. The standard InChI is InChI=1S/C32H28N4O5/c1-3-41-30(39)18-11-13-20(14-12-18)36-28(37)25-24(15-19-16-33-23-10-5-4-8-21(19)23)35-32(26(25)29(36)38)22-9-6-7-17(2)27(22)34-31(32)40/h4-14,16,24-26,33,35H,3,15H2,1-2H3,(H,34,40)/t24?,25-,26+,32?/m1/s1. The largest absolute Gasteiger partial charge is 0.462 e. The molecule has 2 unspecified atom stereocenters. The highest BCUT2D eigenvalue weighted by atomic mass is 16.5. The number of hydrogen-bond acceptors (Lipinski definition) is 6. The van der Waals surface area contributed by atoms with Crippen molar-refractivity contribution in [3.63, 3.8) is 0 Å². The van der Waals surface area contributed by atoms with Gasteiger partial charge in [-0.05, 0) is 61.7 Å². The molecule has 3 aliphatic rings. The number of benzene rings is 3. The normalized spacial score (nSPS) is 24.7. The van der Waals surface area contributed by atoms with Crippen LogP contribution in [-0.4, -0.2) is 41.3 Å². The molecular formula is C32H28N4O5. The minimum absolute atomic E-state index is 0.239. The first-order chi connectivity index (χ1) is 19.8. The number of imide groups is 1. The number of H-pyrrole nitrogens is 1. The molecule has 4 aromatic rings. The molecule has 3 aliphatic heterocycles. The van der Waals surface area contributed by atoms with E-state index in [0.717, 1.165) is 22.0 Å². The second-order valence-electron chi connectivity index (χ2n) is 10.9. The molecule has 9 heteroatoms. The van der Waals surface area contributed by atoms with Crippen LogP contribution in [0.25, 0.3) is 10.9 Å². The van der Waals surface area contributed by atoms with Crippen LogP contribution in [0.4, 0.5) is 11.4 Å². The Bertz CT molecular complexity index is 1760. The molecule has 7 rings (SSSR count). The molecule has 41 heavy (non-hydrogen) atoms. The summed E-state index contributed by atoms with van der Waals surface area (Å²) in [5.74, 6) is -3.35. The number of aromatic nitrogens is 1. The van der Waals surface area contributed by atoms with Crippen LogP contribution < -0.4 is 15.5 Å². The smallest absolute Gasteiger partial charge is 0.338 e. The Morgan fingerprint density at radius 2 is 1.76 bits per heavy atom. The molecule has 9 nitrogen and oxygen atoms in total. The third kappa shape index (κ3) is 3.52. The van der Waals surface area contributed by atoms with Gasteiger partial charge in [-0.15, -0.1) is 0 Å². The minimum Gasteiger partial charge on any atom is -0.462 e. The second-order valence-corrected chi connectivity index (χ2v) is 10.9. The predicted molar refractivity (Wildman–Crippen MR) is 152 cm³/mol. The second kappa shape index (κ2) is 9.14. The highest BCUT2D eigenvalue weighted by Gasteiger charge is 2.70. The van der Waals surface area contributed by atoms with Crippen molar-refractivity contribution in [1.82, 2.24) is 10.3 Å². The number of hydrogen-bond donors (Lipinski definition) is 3. The molecule has 1 spiro atoms. The summed E-state index contributed by atoms with van der Waals surface area (Å²) in [5, 5.41) is 7.55. The minimum atomic E-state index is -1.39. The van der Waals surface area contributed by atoms with Gasteiger partial charge in [-0.1, -0.05) is 36.4 Å². The summed E-state index contributed by atoms with van der Waals surface area (Å²) in [6.45, 7) is 3.87. The lowest BCUT2D eigenvalue weighted by Crippen LogP contribution is -2.53. The van der Waals surface area contributed by atoms with Crippen LogP contribution in [0, 0.1) is 18.8 Å². The van der Waals surface area contributed by atoms with Crippen molar-refractivity contribution in [3.8, 4) is 0 Å². The molecule has 0 radical (unpaired) electrons. The van der Waals surface area contributed by atoms with Crippen LogP contribution >= 0.6 is 0 Å². The van der Waals surface area contributed by atoms with E-state index in [1.165, 1.54) is 4.90 Å². The Morgan fingerprint density at radius 3 is 2.54 bits per heavy atom. The van der Waals surface area contributed by atoms with E-state index >= 15 is 0 Å². The van der Waals surface area contributed by atoms with Crippen LogP contribution in [0.1, 0.15) is 34.0 Å². The highest BCUT2D eigenvalue weighted by Crippen LogP contribution is 2.54. The van der Waals surface area contributed by atoms with Crippen molar-refractivity contribution in [3.05, 3.63) is 95.2 Å². The SMILES string of the molecule is CCOC(=O)c1ccc(N2C(=O)[C@@H]3C(Cc4c[nH]c5ccccc45)NC4(C(=O)Nc5c(C)cccc54)[C@@H]3C2=O)cc1. The van der Waals surface area contributed by atoms with E-state index in [1.807, 2.05) is 55.6 Å². The Kier molecular flexibility index (Phi) is 5.62. The maximum atomic E-state index is 14.3. The van der Waals surface area contributed by atoms with Gasteiger partial charge in [0.05, 0.1) is 29.7 Å². The summed E-state index contributed by atoms with van der Waals surface area (Å²) in [5.41, 5.74) is 3.49. The monoisotopic (exact) mass is 548 g/mol. The third-order valence-electron chi connectivity index (χ3n) is 8.71. The molecule has 3 amide bonds. The summed E-state index contributed by atoms with van der Waals surface area (Å²) < 4.78 is 5.07. The summed E-state index contributed by atoms with van der Waals surface area (Å²) in [7, 11) is 0. The van der Waals surface area contributed by atoms with Crippen molar-refractivity contribution in [2.75, 3.05) is 16.8 Å². The number of nitrogens with zero attached hydrogens (tertiary/aromatic N) is 1. The number of anilines is 2. The first-order valence-corrected chi connectivity index (χ1v) is 13.7. The van der Waals surface area contributed by atoms with Crippen molar-refractivity contribution >= 4 is 46.0 Å². The lowest BCUT2D eigenvalue weighted by molar-refractivity contribution is -0.130. The lowest BCUT2D eigenvalue weighted by atomic mass is 9.76. The van der Waals surface area contributed by atoms with Gasteiger partial charge in [-0.25, -0.2) is 9.69 Å². The fourth-order valence-electron chi connectivity index (χ4n) is 6.90. The zero-order valence-electron chi connectivity index (χ0n) is 22.6. The summed E-state index contributed by atoms with van der Waals surface area (Å²) in [6.07, 6.45) is 2.36. The van der Waals surface area contributed by atoms with Gasteiger partial charge in [0.2, 0.25) is 17.7 Å². The fraction of sp³-hybridized carbons (Fsp3) is 0.250. The van der Waals surface area contributed by atoms with Crippen LogP contribution in [0.5, 0.6) is 0 Å². The van der Waals surface area contributed by atoms with Gasteiger partial charge < -0.3 is 15.0 Å². The predicted octanol–water partition coefficient (Wildman–Crippen LogP) is 3.82. The average Bonchev–Trinajstić information content (AvgIpc) is 3.68. The van der Waals surface area contributed by atoms with E-state index in [2.05, 4.69) is 15.6 Å². The van der Waals surface area contributed by atoms with Gasteiger partial charge in [-0.3, -0.25) is 19.7 Å². The van der Waals surface area contributed by atoms with Crippen molar-refractivity contribution in [1.29, 1.82) is 0 Å². The molecule has 4 heterocycles. The molecule has 0 aliphatic carbocycles. The van der Waals surface area contributed by atoms with Gasteiger partial charge in [0.15, 0.2) is 0 Å². The lowest BCUT2D eigenvalue weighted by Gasteiger charge is -2.29. The van der Waals surface area contributed by atoms with Crippen LogP contribution in [0.15, 0.2) is 72.9 Å². The molecule has 2 saturated heterocycles. The molecule has 4 atom stereocenters. The van der Waals surface area contributed by atoms with Crippen LogP contribution in [0.2, 0.25) is 0 Å². The Labute approximate surface area is 235 Å². The number of amides is 3. The van der Waals surface area contributed by atoms with Gasteiger partial charge in [-0.2, -0.15) is 0 Å². The Morgan fingerprint density at radius 1 is 0.976 bits per heavy atom. The maximum absolute atomic E-state index is 14.3. The van der Waals surface area contributed by atoms with Gasteiger partial charge in [0.25, 0.3) is 0 Å². The van der Waals surface area contributed by atoms with Crippen LogP contribution in [-0.2, 0) is 31.1 Å². The zero-order chi connectivity index (χ0) is 28.5. The number of para-hydroxylation sites is 2. The van der Waals surface area contributed by atoms with Gasteiger partial charge in [0.1, 0.15) is 5.54 Å². The molecular weight excluding hydrogens is 520 g/mol. The number of carbonyl (C=O) groups excluding carboxylic acids is 4. The van der Waals surface area contributed by atoms with Crippen LogP contribution in [0.3, 0.4) is 0 Å². The van der Waals surface area contributed by atoms with E-state index in [1.54, 1.807) is 31.2 Å². The van der Waals surface area contributed by atoms with E-state index in [-0.39, 0.29) is 18.4 Å². The molecule has 2 fully saturated rings. The van der Waals surface area contributed by atoms with Crippen molar-refractivity contribution in [2.45, 2.75) is 31.8 Å². The molecule has 3 N–H and O–H groups in total. The number of fused-ring (bicyclic) bond motifs is 5. The van der Waals surface area contributed by atoms with E-state index in [0.29, 0.717) is 28.9 Å². The summed E-state index contributed by atoms with van der Waals surface area (Å²) >= 11 is 0. The Balaban J connectivity index is 1.33. The molecule has 1 aromatic heterocycles. The average molecular weight is 549 g/mol. The fourth-order valence-corrected chi connectivity index (χ4v) is 6.90. The van der Waals surface area contributed by atoms with Crippen molar-refractivity contribution in [2.24, 2.45) is 11.8 Å². The number of nitrogens with one attached hydrogen (secondary N) is 3. The quantitative estimate of drug-likeness (QED) is 0.258. The number of aryl methyl sites for hydroxylation is 1. The maximum Gasteiger partial charge on any atom is 0.338 e. The molecule has 3 aromatic carbocycles. The van der Waals surface area contributed by atoms with E-state index in [4.69, 9.17) is 4.74 Å². The third-order valence-corrected chi connectivity index (χ3v) is 8.71. The number of carbonyl (C=O) groups is 4. The number of aromatic amines is 1. The topological polar surface area (TPSA) is 121 Å². The Hall–Kier alpha value is -4.76.